The largest absolute Gasteiger partial charge is 0.481 e. The smallest absolute Gasteiger partial charge is 0.309 e. The first-order chi connectivity index (χ1) is 11.0. The van der Waals surface area contributed by atoms with Gasteiger partial charge in [0.2, 0.25) is 0 Å². The summed E-state index contributed by atoms with van der Waals surface area (Å²) in [6.45, 7) is 0. The van der Waals surface area contributed by atoms with Gasteiger partial charge in [-0.15, -0.1) is 10.2 Å². The van der Waals surface area contributed by atoms with Gasteiger partial charge in [-0.25, -0.2) is 9.37 Å². The molecular formula is C15H10ClFN4O2. The van der Waals surface area contributed by atoms with Crippen LogP contribution in [-0.2, 0) is 11.2 Å². The molecule has 2 aromatic heterocycles. The van der Waals surface area contributed by atoms with Gasteiger partial charge in [-0.3, -0.25) is 9.20 Å². The van der Waals surface area contributed by atoms with E-state index in [0.29, 0.717) is 16.4 Å². The molecular weight excluding hydrogens is 323 g/mol. The van der Waals surface area contributed by atoms with Crippen LogP contribution in [0.1, 0.15) is 5.69 Å². The van der Waals surface area contributed by atoms with E-state index in [0.717, 1.165) is 0 Å². The summed E-state index contributed by atoms with van der Waals surface area (Å²) in [5.41, 5.74) is 1.08. The molecule has 2 heterocycles. The van der Waals surface area contributed by atoms with E-state index in [1.807, 2.05) is 0 Å². The minimum atomic E-state index is -1.06. The Kier molecular flexibility index (Phi) is 4.03. The molecule has 0 radical (unpaired) electrons. The monoisotopic (exact) mass is 332 g/mol. The molecule has 0 aliphatic rings. The fourth-order valence-corrected chi connectivity index (χ4v) is 2.25. The molecule has 0 saturated carbocycles. The van der Waals surface area contributed by atoms with Crippen LogP contribution in [0.3, 0.4) is 0 Å². The van der Waals surface area contributed by atoms with Crippen molar-refractivity contribution >= 4 is 34.7 Å². The fraction of sp³-hybridized carbons (Fsp3) is 0.0667. The number of fused-ring (bicyclic) bond motifs is 1. The Bertz CT molecular complexity index is 923. The molecule has 1 N–H and O–H groups in total. The Morgan fingerprint density at radius 3 is 2.87 bits per heavy atom. The summed E-state index contributed by atoms with van der Waals surface area (Å²) >= 11 is 5.87. The van der Waals surface area contributed by atoms with Crippen LogP contribution in [-0.4, -0.2) is 20.5 Å². The molecule has 116 valence electrons. The number of nitrogens with zero attached hydrogens (tertiary/aromatic N) is 4. The predicted molar refractivity (Wildman–Crippen MR) is 82.1 cm³/mol. The number of hydrogen-bond acceptors (Lipinski definition) is 4. The Hall–Kier alpha value is -2.80. The van der Waals surface area contributed by atoms with Crippen LogP contribution in [0.25, 0.3) is 5.65 Å². The van der Waals surface area contributed by atoms with Crippen LogP contribution in [0.4, 0.5) is 15.9 Å². The van der Waals surface area contributed by atoms with E-state index in [1.54, 1.807) is 24.3 Å². The van der Waals surface area contributed by atoms with Crippen molar-refractivity contribution in [3.05, 3.63) is 59.1 Å². The molecule has 1 aromatic carbocycles. The number of benzene rings is 1. The van der Waals surface area contributed by atoms with Gasteiger partial charge in [0.05, 0.1) is 17.8 Å². The fourth-order valence-electron chi connectivity index (χ4n) is 2.07. The summed E-state index contributed by atoms with van der Waals surface area (Å²) in [4.78, 5) is 15.1. The Morgan fingerprint density at radius 2 is 2.13 bits per heavy atom. The van der Waals surface area contributed by atoms with Crippen molar-refractivity contribution in [3.8, 4) is 0 Å². The molecule has 0 bridgehead atoms. The first-order valence-electron chi connectivity index (χ1n) is 6.58. The first kappa shape index (κ1) is 15.1. The average Bonchev–Trinajstić information content (AvgIpc) is 2.81. The highest BCUT2D eigenvalue weighted by atomic mass is 35.5. The molecule has 0 spiro atoms. The molecule has 0 aliphatic carbocycles. The number of pyridine rings is 1. The lowest BCUT2D eigenvalue weighted by atomic mass is 10.3. The van der Waals surface area contributed by atoms with E-state index in [9.17, 15) is 9.18 Å². The maximum Gasteiger partial charge on any atom is 0.309 e. The lowest BCUT2D eigenvalue weighted by Gasteiger charge is -1.98. The van der Waals surface area contributed by atoms with E-state index in [4.69, 9.17) is 16.7 Å². The normalized spacial score (nSPS) is 11.4. The van der Waals surface area contributed by atoms with Gasteiger partial charge >= 0.3 is 5.97 Å². The molecule has 23 heavy (non-hydrogen) atoms. The molecule has 0 aliphatic heterocycles. The lowest BCUT2D eigenvalue weighted by Crippen LogP contribution is -2.00. The summed E-state index contributed by atoms with van der Waals surface area (Å²) in [5, 5.41) is 17.5. The Balaban J connectivity index is 2.09. The molecule has 0 unspecified atom stereocenters. The highest BCUT2D eigenvalue weighted by Gasteiger charge is 2.15. The highest BCUT2D eigenvalue weighted by molar-refractivity contribution is 6.30. The maximum atomic E-state index is 13.4. The number of halogens is 2. The van der Waals surface area contributed by atoms with Crippen LogP contribution >= 0.6 is 11.6 Å². The maximum absolute atomic E-state index is 13.4. The molecule has 0 fully saturated rings. The molecule has 6 nitrogen and oxygen atoms in total. The third kappa shape index (κ3) is 3.35. The van der Waals surface area contributed by atoms with Crippen molar-refractivity contribution in [1.29, 1.82) is 0 Å². The van der Waals surface area contributed by atoms with Crippen molar-refractivity contribution in [1.82, 2.24) is 9.38 Å². The molecule has 0 saturated heterocycles. The lowest BCUT2D eigenvalue weighted by molar-refractivity contribution is -0.136. The van der Waals surface area contributed by atoms with Crippen molar-refractivity contribution in [2.24, 2.45) is 10.2 Å². The van der Waals surface area contributed by atoms with Crippen LogP contribution in [0.5, 0.6) is 0 Å². The van der Waals surface area contributed by atoms with Gasteiger partial charge < -0.3 is 5.11 Å². The zero-order valence-corrected chi connectivity index (χ0v) is 12.4. The second-order valence-electron chi connectivity index (χ2n) is 4.71. The molecule has 8 heteroatoms. The number of carbonyl (C=O) groups is 1. The van der Waals surface area contributed by atoms with E-state index < -0.39 is 11.8 Å². The van der Waals surface area contributed by atoms with Gasteiger partial charge in [0.1, 0.15) is 11.5 Å². The highest BCUT2D eigenvalue weighted by Crippen LogP contribution is 2.26. The number of hydrogen-bond donors (Lipinski definition) is 1. The van der Waals surface area contributed by atoms with E-state index in [2.05, 4.69) is 15.2 Å². The summed E-state index contributed by atoms with van der Waals surface area (Å²) in [7, 11) is 0. The third-order valence-electron chi connectivity index (χ3n) is 3.01. The topological polar surface area (TPSA) is 79.3 Å². The SMILES string of the molecule is O=C(O)Cc1nc2ccc(F)cn2c1N=Nc1cccc(Cl)c1. The second-order valence-corrected chi connectivity index (χ2v) is 5.14. The number of imidazole rings is 1. The summed E-state index contributed by atoms with van der Waals surface area (Å²) in [6.07, 6.45) is 0.840. The van der Waals surface area contributed by atoms with Crippen molar-refractivity contribution < 1.29 is 14.3 Å². The van der Waals surface area contributed by atoms with Gasteiger partial charge in [0.15, 0.2) is 5.82 Å². The number of aromatic nitrogens is 2. The summed E-state index contributed by atoms with van der Waals surface area (Å²) < 4.78 is 14.8. The zero-order chi connectivity index (χ0) is 16.4. The predicted octanol–water partition coefficient (Wildman–Crippen LogP) is 4.17. The average molecular weight is 333 g/mol. The van der Waals surface area contributed by atoms with Crippen LogP contribution in [0.2, 0.25) is 5.02 Å². The van der Waals surface area contributed by atoms with Crippen LogP contribution in [0, 0.1) is 5.82 Å². The van der Waals surface area contributed by atoms with Gasteiger partial charge in [0, 0.05) is 11.2 Å². The minimum Gasteiger partial charge on any atom is -0.481 e. The zero-order valence-electron chi connectivity index (χ0n) is 11.6. The van der Waals surface area contributed by atoms with Crippen molar-refractivity contribution in [2.75, 3.05) is 0 Å². The van der Waals surface area contributed by atoms with E-state index in [1.165, 1.54) is 22.7 Å². The number of carboxylic acids is 1. The number of azo groups is 1. The van der Waals surface area contributed by atoms with Gasteiger partial charge in [-0.2, -0.15) is 0 Å². The Morgan fingerprint density at radius 1 is 1.30 bits per heavy atom. The first-order valence-corrected chi connectivity index (χ1v) is 6.96. The Labute approximate surface area is 134 Å². The van der Waals surface area contributed by atoms with Gasteiger partial charge in [0.25, 0.3) is 0 Å². The summed E-state index contributed by atoms with van der Waals surface area (Å²) in [5.74, 6) is -1.38. The van der Waals surface area contributed by atoms with Gasteiger partial charge in [-0.05, 0) is 30.3 Å². The van der Waals surface area contributed by atoms with E-state index >= 15 is 0 Å². The van der Waals surface area contributed by atoms with Crippen LogP contribution in [0.15, 0.2) is 52.8 Å². The van der Waals surface area contributed by atoms with Crippen LogP contribution < -0.4 is 0 Å². The minimum absolute atomic E-state index is 0.168. The number of rotatable bonds is 4. The number of carboxylic acid groups (broad SMARTS) is 1. The van der Waals surface area contributed by atoms with E-state index in [-0.39, 0.29) is 17.9 Å². The molecule has 3 aromatic rings. The molecule has 0 atom stereocenters. The standard InChI is InChI=1S/C15H10ClFN4O2/c16-9-2-1-3-11(6-9)19-20-15-12(7-14(22)23)18-13-5-4-10(17)8-21(13)15/h1-6,8H,7H2,(H,22,23). The molecule has 3 rings (SSSR count). The third-order valence-corrected chi connectivity index (χ3v) is 3.25. The quantitative estimate of drug-likeness (QED) is 0.728. The number of aliphatic carboxylic acids is 1. The van der Waals surface area contributed by atoms with Crippen molar-refractivity contribution in [3.63, 3.8) is 0 Å². The van der Waals surface area contributed by atoms with Gasteiger partial charge in [-0.1, -0.05) is 17.7 Å². The molecule has 0 amide bonds. The summed E-state index contributed by atoms with van der Waals surface area (Å²) in [6, 6.07) is 9.38. The van der Waals surface area contributed by atoms with Crippen molar-refractivity contribution in [2.45, 2.75) is 6.42 Å². The second kappa shape index (κ2) is 6.13.